The summed E-state index contributed by atoms with van der Waals surface area (Å²) in [4.78, 5) is 31.5. The number of nitrogens with one attached hydrogen (secondary N) is 3. The average molecular weight is 507 g/mol. The van der Waals surface area contributed by atoms with Crippen molar-refractivity contribution in [1.29, 1.82) is 0 Å². The summed E-state index contributed by atoms with van der Waals surface area (Å²) >= 11 is 1.75. The van der Waals surface area contributed by atoms with E-state index in [0.29, 0.717) is 25.9 Å². The SMILES string of the molecule is CCNC(=NCCCN1C(=O)NC(C)(CC)C1=O)NCCc1cccs1.I. The molecule has 27 heavy (non-hydrogen) atoms. The number of hydrogen-bond acceptors (Lipinski definition) is 4. The van der Waals surface area contributed by atoms with E-state index in [0.717, 1.165) is 25.5 Å². The Bertz CT molecular complexity index is 638. The van der Waals surface area contributed by atoms with Crippen molar-refractivity contribution in [3.63, 3.8) is 0 Å². The van der Waals surface area contributed by atoms with Crippen LogP contribution in [0, 0.1) is 0 Å². The summed E-state index contributed by atoms with van der Waals surface area (Å²) in [7, 11) is 0. The maximum atomic E-state index is 12.3. The first-order valence-electron chi connectivity index (χ1n) is 9.19. The van der Waals surface area contributed by atoms with E-state index in [2.05, 4.69) is 38.5 Å². The van der Waals surface area contributed by atoms with Gasteiger partial charge >= 0.3 is 6.03 Å². The lowest BCUT2D eigenvalue weighted by Crippen LogP contribution is -2.43. The topological polar surface area (TPSA) is 85.8 Å². The van der Waals surface area contributed by atoms with Crippen molar-refractivity contribution in [2.75, 3.05) is 26.2 Å². The highest BCUT2D eigenvalue weighted by Crippen LogP contribution is 2.20. The Balaban J connectivity index is 0.00000364. The first-order chi connectivity index (χ1) is 12.5. The third-order valence-electron chi connectivity index (χ3n) is 4.45. The van der Waals surface area contributed by atoms with Gasteiger partial charge in [-0.15, -0.1) is 35.3 Å². The minimum atomic E-state index is -0.765. The molecule has 1 aromatic heterocycles. The third-order valence-corrected chi connectivity index (χ3v) is 5.39. The molecule has 1 aromatic rings. The Morgan fingerprint density at radius 1 is 1.33 bits per heavy atom. The van der Waals surface area contributed by atoms with Crippen molar-refractivity contribution in [3.8, 4) is 0 Å². The van der Waals surface area contributed by atoms with Gasteiger partial charge < -0.3 is 16.0 Å². The first kappa shape index (κ1) is 23.7. The number of guanidine groups is 1. The van der Waals surface area contributed by atoms with E-state index >= 15 is 0 Å². The van der Waals surface area contributed by atoms with E-state index in [1.54, 1.807) is 18.3 Å². The van der Waals surface area contributed by atoms with Crippen molar-refractivity contribution in [3.05, 3.63) is 22.4 Å². The monoisotopic (exact) mass is 507 g/mol. The molecular formula is C18H30IN5O2S. The van der Waals surface area contributed by atoms with E-state index in [1.165, 1.54) is 9.78 Å². The van der Waals surface area contributed by atoms with E-state index in [4.69, 9.17) is 0 Å². The highest BCUT2D eigenvalue weighted by Gasteiger charge is 2.45. The molecule has 0 aliphatic carbocycles. The van der Waals surface area contributed by atoms with Gasteiger partial charge in [0.15, 0.2) is 5.96 Å². The Kier molecular flexibility index (Phi) is 10.1. The molecule has 1 aliphatic rings. The van der Waals surface area contributed by atoms with Crippen LogP contribution >= 0.6 is 35.3 Å². The molecule has 1 atom stereocenters. The van der Waals surface area contributed by atoms with Gasteiger partial charge in [0.2, 0.25) is 0 Å². The fourth-order valence-electron chi connectivity index (χ4n) is 2.71. The van der Waals surface area contributed by atoms with Gasteiger partial charge in [-0.1, -0.05) is 13.0 Å². The lowest BCUT2D eigenvalue weighted by Gasteiger charge is -2.19. The molecule has 0 aromatic carbocycles. The molecule has 152 valence electrons. The zero-order valence-corrected chi connectivity index (χ0v) is 19.4. The standard InChI is InChI=1S/C18H29N5O2S.HI/c1-4-18(3)15(24)23(17(25)22-18)12-7-10-20-16(19-5-2)21-11-9-14-8-6-13-26-14;/h6,8,13H,4-5,7,9-12H2,1-3H3,(H,22,25)(H2,19,20,21);1H. The number of imide groups is 1. The summed E-state index contributed by atoms with van der Waals surface area (Å²) < 4.78 is 0. The smallest absolute Gasteiger partial charge is 0.325 e. The molecule has 9 heteroatoms. The fraction of sp³-hybridized carbons (Fsp3) is 0.611. The number of amides is 3. The third kappa shape index (κ3) is 6.63. The number of thiophene rings is 1. The van der Waals surface area contributed by atoms with Crippen LogP contribution in [0.2, 0.25) is 0 Å². The number of urea groups is 1. The second-order valence-electron chi connectivity index (χ2n) is 6.44. The molecule has 0 spiro atoms. The first-order valence-corrected chi connectivity index (χ1v) is 10.1. The Morgan fingerprint density at radius 3 is 2.70 bits per heavy atom. The number of rotatable bonds is 9. The molecule has 1 aliphatic heterocycles. The summed E-state index contributed by atoms with van der Waals surface area (Å²) in [6.07, 6.45) is 2.19. The number of halogens is 1. The number of carbonyl (C=O) groups excluding carboxylic acids is 2. The van der Waals surface area contributed by atoms with Crippen LogP contribution in [0.25, 0.3) is 0 Å². The van der Waals surface area contributed by atoms with Gasteiger partial charge in [-0.05, 0) is 44.6 Å². The fourth-order valence-corrected chi connectivity index (χ4v) is 3.42. The maximum absolute atomic E-state index is 12.3. The average Bonchev–Trinajstić information content (AvgIpc) is 3.20. The van der Waals surface area contributed by atoms with Crippen LogP contribution < -0.4 is 16.0 Å². The normalized spacial score (nSPS) is 19.7. The Hall–Kier alpha value is -1.36. The molecule has 7 nitrogen and oxygen atoms in total. The highest BCUT2D eigenvalue weighted by molar-refractivity contribution is 14.0. The van der Waals surface area contributed by atoms with Gasteiger partial charge in [-0.2, -0.15) is 0 Å². The molecule has 1 unspecified atom stereocenters. The zero-order chi connectivity index (χ0) is 19.0. The summed E-state index contributed by atoms with van der Waals surface area (Å²) in [6.45, 7) is 8.23. The van der Waals surface area contributed by atoms with E-state index < -0.39 is 5.54 Å². The van der Waals surface area contributed by atoms with Crippen LogP contribution in [-0.2, 0) is 11.2 Å². The van der Waals surface area contributed by atoms with Crippen molar-refractivity contribution in [2.45, 2.75) is 45.6 Å². The van der Waals surface area contributed by atoms with Gasteiger partial charge in [0, 0.05) is 31.1 Å². The molecule has 1 fully saturated rings. The van der Waals surface area contributed by atoms with Gasteiger partial charge in [-0.25, -0.2) is 4.79 Å². The lowest BCUT2D eigenvalue weighted by atomic mass is 9.99. The molecule has 0 radical (unpaired) electrons. The second kappa shape index (κ2) is 11.5. The molecule has 2 rings (SSSR count). The van der Waals surface area contributed by atoms with Crippen LogP contribution in [0.3, 0.4) is 0 Å². The molecular weight excluding hydrogens is 477 g/mol. The largest absolute Gasteiger partial charge is 0.357 e. The minimum absolute atomic E-state index is 0. The molecule has 3 amide bonds. The zero-order valence-electron chi connectivity index (χ0n) is 16.2. The lowest BCUT2D eigenvalue weighted by molar-refractivity contribution is -0.130. The summed E-state index contributed by atoms with van der Waals surface area (Å²) in [5.41, 5.74) is -0.765. The van der Waals surface area contributed by atoms with Crippen LogP contribution in [0.15, 0.2) is 22.5 Å². The summed E-state index contributed by atoms with van der Waals surface area (Å²) in [6, 6.07) is 3.88. The molecule has 0 saturated carbocycles. The van der Waals surface area contributed by atoms with Crippen molar-refractivity contribution >= 4 is 53.2 Å². The number of hydrogen-bond donors (Lipinski definition) is 3. The predicted octanol–water partition coefficient (Wildman–Crippen LogP) is 2.57. The van der Waals surface area contributed by atoms with Gasteiger partial charge in [0.05, 0.1) is 0 Å². The summed E-state index contributed by atoms with van der Waals surface area (Å²) in [5.74, 6) is 0.620. The van der Waals surface area contributed by atoms with E-state index in [1.807, 2.05) is 13.8 Å². The van der Waals surface area contributed by atoms with Gasteiger partial charge in [0.1, 0.15) is 5.54 Å². The highest BCUT2D eigenvalue weighted by atomic mass is 127. The van der Waals surface area contributed by atoms with Crippen molar-refractivity contribution in [1.82, 2.24) is 20.9 Å². The van der Waals surface area contributed by atoms with E-state index in [9.17, 15) is 9.59 Å². The van der Waals surface area contributed by atoms with Gasteiger partial charge in [-0.3, -0.25) is 14.7 Å². The second-order valence-corrected chi connectivity index (χ2v) is 7.48. The van der Waals surface area contributed by atoms with Crippen LogP contribution in [0.5, 0.6) is 0 Å². The van der Waals surface area contributed by atoms with E-state index in [-0.39, 0.29) is 35.9 Å². The molecule has 3 N–H and O–H groups in total. The molecule has 0 bridgehead atoms. The summed E-state index contributed by atoms with van der Waals surface area (Å²) in [5, 5.41) is 11.4. The number of carbonyl (C=O) groups is 2. The predicted molar refractivity (Wildman–Crippen MR) is 121 cm³/mol. The van der Waals surface area contributed by atoms with Gasteiger partial charge in [0.25, 0.3) is 5.91 Å². The van der Waals surface area contributed by atoms with Crippen LogP contribution in [0.4, 0.5) is 4.79 Å². The maximum Gasteiger partial charge on any atom is 0.325 e. The Morgan fingerprint density at radius 2 is 2.11 bits per heavy atom. The Labute approximate surface area is 182 Å². The molecule has 2 heterocycles. The van der Waals surface area contributed by atoms with Crippen molar-refractivity contribution in [2.24, 2.45) is 4.99 Å². The quantitative estimate of drug-likeness (QED) is 0.158. The van der Waals surface area contributed by atoms with Crippen LogP contribution in [-0.4, -0.2) is 54.5 Å². The van der Waals surface area contributed by atoms with Crippen LogP contribution in [0.1, 0.15) is 38.5 Å². The minimum Gasteiger partial charge on any atom is -0.357 e. The molecule has 1 saturated heterocycles. The number of aliphatic imine (C=N–C) groups is 1. The van der Waals surface area contributed by atoms with Crippen molar-refractivity contribution < 1.29 is 9.59 Å². The number of nitrogens with zero attached hydrogens (tertiary/aromatic N) is 2.